The predicted molar refractivity (Wildman–Crippen MR) is 78.8 cm³/mol. The van der Waals surface area contributed by atoms with E-state index in [0.717, 1.165) is 31.6 Å². The quantitative estimate of drug-likeness (QED) is 0.897. The van der Waals surface area contributed by atoms with Crippen LogP contribution < -0.4 is 5.32 Å². The number of hydrogen-bond donors (Lipinski definition) is 1. The smallest absolute Gasteiger partial charge is 0.244 e. The predicted octanol–water partition coefficient (Wildman–Crippen LogP) is 1.62. The lowest BCUT2D eigenvalue weighted by atomic mass is 9.98. The Kier molecular flexibility index (Phi) is 5.29. The minimum absolute atomic E-state index is 0.0683. The first-order valence-corrected chi connectivity index (χ1v) is 8.67. The van der Waals surface area contributed by atoms with Crippen molar-refractivity contribution in [2.24, 2.45) is 5.92 Å². The molecule has 0 aromatic carbocycles. The zero-order valence-corrected chi connectivity index (χ0v) is 13.2. The highest BCUT2D eigenvalue weighted by Gasteiger charge is 2.29. The molecule has 0 unspecified atom stereocenters. The molecule has 0 atom stereocenters. The second kappa shape index (κ2) is 6.81. The van der Waals surface area contributed by atoms with Crippen LogP contribution in [0.2, 0.25) is 0 Å². The second-order valence-corrected chi connectivity index (χ2v) is 7.69. The normalized spacial score (nSPS) is 18.3. The van der Waals surface area contributed by atoms with E-state index in [1.807, 2.05) is 0 Å². The third-order valence-corrected chi connectivity index (χ3v) is 5.57. The molecular weight excluding hydrogens is 293 g/mol. The van der Waals surface area contributed by atoms with Crippen LogP contribution in [0.15, 0.2) is 23.4 Å². The van der Waals surface area contributed by atoms with E-state index in [-0.39, 0.29) is 4.90 Å². The first-order valence-electron chi connectivity index (χ1n) is 7.23. The van der Waals surface area contributed by atoms with E-state index in [2.05, 4.69) is 24.1 Å². The van der Waals surface area contributed by atoms with Gasteiger partial charge in [0, 0.05) is 25.3 Å². The minimum atomic E-state index is -3.63. The zero-order chi connectivity index (χ0) is 15.5. The molecule has 1 aliphatic rings. The van der Waals surface area contributed by atoms with Gasteiger partial charge in [-0.2, -0.15) is 4.31 Å². The van der Waals surface area contributed by atoms with Gasteiger partial charge in [-0.3, -0.25) is 4.98 Å². The van der Waals surface area contributed by atoms with Gasteiger partial charge in [-0.25, -0.2) is 12.8 Å². The highest BCUT2D eigenvalue weighted by Crippen LogP contribution is 2.23. The summed E-state index contributed by atoms with van der Waals surface area (Å²) in [5, 5.41) is 3.38. The van der Waals surface area contributed by atoms with Gasteiger partial charge in [-0.1, -0.05) is 13.8 Å². The molecule has 118 valence electrons. The molecule has 2 heterocycles. The summed E-state index contributed by atoms with van der Waals surface area (Å²) in [6.07, 6.45) is 3.84. The van der Waals surface area contributed by atoms with Crippen LogP contribution in [0.25, 0.3) is 0 Å². The lowest BCUT2D eigenvalue weighted by Gasteiger charge is -2.31. The molecule has 7 heteroatoms. The molecule has 0 aliphatic carbocycles. The monoisotopic (exact) mass is 315 g/mol. The van der Waals surface area contributed by atoms with E-state index in [9.17, 15) is 12.8 Å². The molecule has 1 saturated heterocycles. The van der Waals surface area contributed by atoms with Gasteiger partial charge in [0.25, 0.3) is 0 Å². The summed E-state index contributed by atoms with van der Waals surface area (Å²) in [6, 6.07) is 1.46. The summed E-state index contributed by atoms with van der Waals surface area (Å²) in [5.74, 6) is -0.142. The Morgan fingerprint density at radius 1 is 1.38 bits per heavy atom. The molecule has 1 aromatic rings. The van der Waals surface area contributed by atoms with Crippen molar-refractivity contribution in [3.05, 3.63) is 24.3 Å². The van der Waals surface area contributed by atoms with Crippen molar-refractivity contribution in [2.45, 2.75) is 37.6 Å². The van der Waals surface area contributed by atoms with Crippen LogP contribution >= 0.6 is 0 Å². The van der Waals surface area contributed by atoms with E-state index in [0.29, 0.717) is 25.0 Å². The first kappa shape index (κ1) is 16.3. The average molecular weight is 315 g/mol. The van der Waals surface area contributed by atoms with Crippen LogP contribution in [0.1, 0.15) is 26.7 Å². The number of piperidine rings is 1. The Labute approximate surface area is 125 Å². The Morgan fingerprint density at radius 3 is 2.62 bits per heavy atom. The van der Waals surface area contributed by atoms with Gasteiger partial charge in [-0.15, -0.1) is 0 Å². The van der Waals surface area contributed by atoms with Gasteiger partial charge in [0.15, 0.2) is 0 Å². The summed E-state index contributed by atoms with van der Waals surface area (Å²) in [6.45, 7) is 6.05. The van der Waals surface area contributed by atoms with E-state index in [1.54, 1.807) is 0 Å². The van der Waals surface area contributed by atoms with Crippen LogP contribution in [0, 0.1) is 11.7 Å². The van der Waals surface area contributed by atoms with Crippen LogP contribution in [-0.2, 0) is 10.0 Å². The molecule has 0 bridgehead atoms. The fraction of sp³-hybridized carbons (Fsp3) is 0.643. The third kappa shape index (κ3) is 4.21. The number of nitrogens with one attached hydrogen (secondary N) is 1. The zero-order valence-electron chi connectivity index (χ0n) is 12.4. The fourth-order valence-electron chi connectivity index (χ4n) is 2.44. The molecule has 1 N–H and O–H groups in total. The molecule has 0 saturated carbocycles. The van der Waals surface area contributed by atoms with Gasteiger partial charge in [-0.05, 0) is 31.4 Å². The third-order valence-electron chi connectivity index (χ3n) is 3.71. The lowest BCUT2D eigenvalue weighted by Crippen LogP contribution is -2.41. The maximum Gasteiger partial charge on any atom is 0.244 e. The summed E-state index contributed by atoms with van der Waals surface area (Å²) in [4.78, 5) is 3.55. The topological polar surface area (TPSA) is 62.3 Å². The highest BCUT2D eigenvalue weighted by atomic mass is 32.2. The fourth-order valence-corrected chi connectivity index (χ4v) is 3.88. The van der Waals surface area contributed by atoms with Crippen molar-refractivity contribution in [1.82, 2.24) is 14.6 Å². The summed E-state index contributed by atoms with van der Waals surface area (Å²) in [5.41, 5.74) is 0. The van der Waals surface area contributed by atoms with Crippen molar-refractivity contribution in [1.29, 1.82) is 0 Å². The number of hydrogen-bond acceptors (Lipinski definition) is 4. The number of sulfonamides is 1. The molecule has 1 aromatic heterocycles. The molecule has 1 aliphatic heterocycles. The van der Waals surface area contributed by atoms with E-state index in [1.165, 1.54) is 10.5 Å². The van der Waals surface area contributed by atoms with Crippen LogP contribution in [0.4, 0.5) is 4.39 Å². The van der Waals surface area contributed by atoms with Crippen LogP contribution in [-0.4, -0.2) is 43.4 Å². The van der Waals surface area contributed by atoms with Crippen molar-refractivity contribution in [3.63, 3.8) is 0 Å². The lowest BCUT2D eigenvalue weighted by molar-refractivity contribution is 0.263. The molecule has 21 heavy (non-hydrogen) atoms. The van der Waals surface area contributed by atoms with Gasteiger partial charge in [0.05, 0.1) is 6.20 Å². The first-order chi connectivity index (χ1) is 9.89. The number of pyridine rings is 1. The molecule has 1 fully saturated rings. The molecule has 0 amide bonds. The maximum absolute atomic E-state index is 13.1. The Balaban J connectivity index is 1.98. The van der Waals surface area contributed by atoms with Crippen molar-refractivity contribution in [3.8, 4) is 0 Å². The van der Waals surface area contributed by atoms with Crippen molar-refractivity contribution < 1.29 is 12.8 Å². The molecule has 2 rings (SSSR count). The Bertz CT molecular complexity index is 569. The summed E-state index contributed by atoms with van der Waals surface area (Å²) >= 11 is 0. The number of rotatable bonds is 5. The number of nitrogens with zero attached hydrogens (tertiary/aromatic N) is 2. The van der Waals surface area contributed by atoms with Gasteiger partial charge in [0.2, 0.25) is 10.0 Å². The SMILES string of the molecule is CC(C)NCC1CCN(S(=O)(=O)c2cncc(F)c2)CC1. The summed E-state index contributed by atoms with van der Waals surface area (Å²) in [7, 11) is -3.63. The van der Waals surface area contributed by atoms with Gasteiger partial charge in [0.1, 0.15) is 10.7 Å². The van der Waals surface area contributed by atoms with Crippen molar-refractivity contribution >= 4 is 10.0 Å². The Hall–Kier alpha value is -1.05. The number of aromatic nitrogens is 1. The maximum atomic E-state index is 13.1. The van der Waals surface area contributed by atoms with Crippen LogP contribution in [0.3, 0.4) is 0 Å². The molecule has 5 nitrogen and oxygen atoms in total. The molecule has 0 radical (unpaired) electrons. The van der Waals surface area contributed by atoms with E-state index < -0.39 is 15.8 Å². The second-order valence-electron chi connectivity index (χ2n) is 5.75. The average Bonchev–Trinajstić information content (AvgIpc) is 2.45. The van der Waals surface area contributed by atoms with Crippen molar-refractivity contribution in [2.75, 3.05) is 19.6 Å². The van der Waals surface area contributed by atoms with Crippen LogP contribution in [0.5, 0.6) is 0 Å². The summed E-state index contributed by atoms with van der Waals surface area (Å²) < 4.78 is 39.4. The van der Waals surface area contributed by atoms with Gasteiger partial charge < -0.3 is 5.32 Å². The molecular formula is C14H22FN3O2S. The largest absolute Gasteiger partial charge is 0.314 e. The highest BCUT2D eigenvalue weighted by molar-refractivity contribution is 7.89. The van der Waals surface area contributed by atoms with E-state index in [4.69, 9.17) is 0 Å². The number of halogens is 1. The van der Waals surface area contributed by atoms with Gasteiger partial charge >= 0.3 is 0 Å². The Morgan fingerprint density at radius 2 is 2.05 bits per heavy atom. The minimum Gasteiger partial charge on any atom is -0.314 e. The molecule has 0 spiro atoms. The van der Waals surface area contributed by atoms with E-state index >= 15 is 0 Å². The standard InChI is InChI=1S/C14H22FN3O2S/c1-11(2)17-8-12-3-5-18(6-4-12)21(19,20)14-7-13(15)9-16-10-14/h7,9-12,17H,3-6,8H2,1-2H3.